The fourth-order valence-electron chi connectivity index (χ4n) is 8.37. The van der Waals surface area contributed by atoms with Gasteiger partial charge in [0.2, 0.25) is 6.10 Å². The minimum Gasteiger partial charge on any atom is -0.463 e. The average molecular weight is 950 g/mol. The molecule has 5 aromatic carbocycles. The molecule has 3 unspecified atom stereocenters. The summed E-state index contributed by atoms with van der Waals surface area (Å²) in [6, 6.07) is 46.1. The number of fused-ring (bicyclic) bond motifs is 1. The van der Waals surface area contributed by atoms with Crippen LogP contribution in [0.3, 0.4) is 0 Å². The molecule has 0 spiro atoms. The molecule has 2 saturated heterocycles. The lowest BCUT2D eigenvalue weighted by Crippen LogP contribution is -2.74. The highest BCUT2D eigenvalue weighted by molar-refractivity contribution is 7.86. The van der Waals surface area contributed by atoms with E-state index in [9.17, 15) is 28.2 Å². The van der Waals surface area contributed by atoms with Crippen LogP contribution in [0, 0.1) is 0 Å². The van der Waals surface area contributed by atoms with Crippen LogP contribution in [-0.2, 0) is 59.4 Å². The molecule has 2 fully saturated rings. The second kappa shape index (κ2) is 20.0. The molecule has 3 aliphatic rings. The Morgan fingerprint density at radius 3 is 1.90 bits per heavy atom. The fourth-order valence-corrected chi connectivity index (χ4v) is 10.8. The van der Waals surface area contributed by atoms with Crippen LogP contribution in [0.2, 0.25) is 0 Å². The summed E-state index contributed by atoms with van der Waals surface area (Å²) in [5.74, 6) is -4.23. The predicted molar refractivity (Wildman–Crippen MR) is 252 cm³/mol. The van der Waals surface area contributed by atoms with E-state index in [1.807, 2.05) is 103 Å². The van der Waals surface area contributed by atoms with Crippen molar-refractivity contribution in [2.24, 2.45) is 5.16 Å². The van der Waals surface area contributed by atoms with Crippen molar-refractivity contribution in [3.8, 4) is 0 Å². The first-order valence-corrected chi connectivity index (χ1v) is 23.9. The van der Waals surface area contributed by atoms with Crippen molar-refractivity contribution in [2.45, 2.75) is 42.5 Å². The van der Waals surface area contributed by atoms with Crippen molar-refractivity contribution in [2.75, 3.05) is 24.3 Å². The summed E-state index contributed by atoms with van der Waals surface area (Å²) in [6.07, 6.45) is -1.83. The number of esters is 3. The zero-order valence-electron chi connectivity index (χ0n) is 36.4. The summed E-state index contributed by atoms with van der Waals surface area (Å²) in [5, 5.41) is 11.2. The molecule has 3 aliphatic heterocycles. The Balaban J connectivity index is 1.03. The Morgan fingerprint density at radius 2 is 1.38 bits per heavy atom. The third-order valence-electron chi connectivity index (χ3n) is 11.6. The lowest BCUT2D eigenvalue weighted by molar-refractivity contribution is -0.155. The average Bonchev–Trinajstić information content (AvgIpc) is 4.02. The number of amides is 2. The van der Waals surface area contributed by atoms with Gasteiger partial charge in [-0.3, -0.25) is 23.5 Å². The van der Waals surface area contributed by atoms with Crippen LogP contribution in [0.1, 0.15) is 53.0 Å². The summed E-state index contributed by atoms with van der Waals surface area (Å²) in [4.78, 5) is 79.1. The van der Waals surface area contributed by atoms with Gasteiger partial charge >= 0.3 is 17.9 Å². The molecule has 9 rings (SSSR count). The van der Waals surface area contributed by atoms with Crippen molar-refractivity contribution < 1.29 is 47.2 Å². The molecule has 0 aliphatic carbocycles. The molecule has 4 atom stereocenters. The standard InChI is InChI=1S/C51H43N5O10S2/c1-32(57)64-29-35-31-68(62)47-42(46(59)56(47)43(35)49(61)65-44(33-17-7-2-8-18-33)34-19-9-3-10-20-34)53-45(58)41(55-66-40-27-28-63-48(40)60)39-30-67-50(52-39)54-51(36-21-11-4-12-22-36,37-23-13-5-14-24-37)38-25-15-6-16-26-38/h2-26,30,40,42,44,47H,27-29,31H2,1H3,(H,52,54)(H,53,58)/t40?,42?,47-,68?/m1/s1. The molecule has 2 N–H and O–H groups in total. The summed E-state index contributed by atoms with van der Waals surface area (Å²) < 4.78 is 30.5. The number of carbonyl (C=O) groups excluding carboxylic acids is 5. The van der Waals surface area contributed by atoms with Gasteiger partial charge in [0, 0.05) is 24.3 Å². The quantitative estimate of drug-likeness (QED) is 0.0282. The van der Waals surface area contributed by atoms with E-state index >= 15 is 0 Å². The number of hydrogen-bond acceptors (Lipinski definition) is 14. The third-order valence-corrected chi connectivity index (χ3v) is 14.0. The summed E-state index contributed by atoms with van der Waals surface area (Å²) in [6.45, 7) is 0.855. The van der Waals surface area contributed by atoms with Gasteiger partial charge in [-0.2, -0.15) is 0 Å². The second-order valence-electron chi connectivity index (χ2n) is 15.9. The highest BCUT2D eigenvalue weighted by Gasteiger charge is 2.58. The number of carbonyl (C=O) groups is 5. The maximum Gasteiger partial charge on any atom is 0.356 e. The first kappa shape index (κ1) is 45.4. The van der Waals surface area contributed by atoms with Gasteiger partial charge in [0.05, 0.1) is 23.2 Å². The number of benzene rings is 5. The van der Waals surface area contributed by atoms with E-state index in [1.54, 1.807) is 53.9 Å². The van der Waals surface area contributed by atoms with E-state index in [-0.39, 0.29) is 41.5 Å². The van der Waals surface area contributed by atoms with Crippen LogP contribution < -0.4 is 10.6 Å². The molecule has 15 nitrogen and oxygen atoms in total. The lowest BCUT2D eigenvalue weighted by atomic mass is 9.77. The largest absolute Gasteiger partial charge is 0.463 e. The molecule has 0 saturated carbocycles. The zero-order valence-corrected chi connectivity index (χ0v) is 38.0. The van der Waals surface area contributed by atoms with Crippen molar-refractivity contribution >= 4 is 62.7 Å². The van der Waals surface area contributed by atoms with Crippen molar-refractivity contribution in [1.29, 1.82) is 0 Å². The van der Waals surface area contributed by atoms with Crippen molar-refractivity contribution in [1.82, 2.24) is 15.2 Å². The molecule has 1 aromatic heterocycles. The highest BCUT2D eigenvalue weighted by atomic mass is 32.2. The molecule has 0 radical (unpaired) electrons. The van der Waals surface area contributed by atoms with Crippen molar-refractivity contribution in [3.63, 3.8) is 0 Å². The summed E-state index contributed by atoms with van der Waals surface area (Å²) >= 11 is 1.19. The number of ether oxygens (including phenoxy) is 3. The summed E-state index contributed by atoms with van der Waals surface area (Å²) in [7, 11) is -1.91. The number of nitrogens with one attached hydrogen (secondary N) is 2. The number of thiazole rings is 1. The second-order valence-corrected chi connectivity index (χ2v) is 18.3. The number of β-lactam (4-membered cyclic amide) rings is 1. The van der Waals surface area contributed by atoms with E-state index in [0.29, 0.717) is 16.3 Å². The van der Waals surface area contributed by atoms with Crippen molar-refractivity contribution in [3.05, 3.63) is 202 Å². The number of aromatic nitrogens is 1. The fraction of sp³-hybridized carbons (Fsp3) is 0.196. The van der Waals surface area contributed by atoms with E-state index in [1.165, 1.54) is 18.3 Å². The molecule has 68 heavy (non-hydrogen) atoms. The smallest absolute Gasteiger partial charge is 0.356 e. The van der Waals surface area contributed by atoms with Crippen LogP contribution in [0.15, 0.2) is 173 Å². The normalized spacial score (nSPS) is 19.1. The first-order chi connectivity index (χ1) is 33.1. The number of cyclic esters (lactones) is 1. The maximum absolute atomic E-state index is 14.5. The Hall–Kier alpha value is -7.76. The molecule has 344 valence electrons. The topological polar surface area (TPSA) is 192 Å². The Labute approximate surface area is 397 Å². The Morgan fingerprint density at radius 1 is 0.838 bits per heavy atom. The monoisotopic (exact) mass is 949 g/mol. The van der Waals surface area contributed by atoms with Gasteiger partial charge in [-0.05, 0) is 27.8 Å². The van der Waals surface area contributed by atoms with Gasteiger partial charge in [0.15, 0.2) is 16.9 Å². The molecular weight excluding hydrogens is 907 g/mol. The van der Waals surface area contributed by atoms with E-state index < -0.39 is 76.3 Å². The third kappa shape index (κ3) is 9.17. The molecule has 17 heteroatoms. The van der Waals surface area contributed by atoms with E-state index in [4.69, 9.17) is 24.0 Å². The first-order valence-electron chi connectivity index (χ1n) is 21.6. The Kier molecular flexibility index (Phi) is 13.4. The van der Waals surface area contributed by atoms with Gasteiger partial charge in [-0.25, -0.2) is 14.6 Å². The van der Waals surface area contributed by atoms with Gasteiger partial charge in [-0.15, -0.1) is 11.3 Å². The minimum absolute atomic E-state index is 0.0403. The van der Waals surface area contributed by atoms with Gasteiger partial charge in [-0.1, -0.05) is 157 Å². The molecule has 4 heterocycles. The van der Waals surface area contributed by atoms with E-state index in [2.05, 4.69) is 15.8 Å². The number of hydrogen-bond donors (Lipinski definition) is 2. The number of anilines is 1. The maximum atomic E-state index is 14.5. The highest BCUT2D eigenvalue weighted by Crippen LogP contribution is 2.41. The number of oxime groups is 1. The number of rotatable bonds is 16. The van der Waals surface area contributed by atoms with Crippen LogP contribution >= 0.6 is 11.3 Å². The minimum atomic E-state index is -1.91. The molecule has 2 amide bonds. The van der Waals surface area contributed by atoms with Gasteiger partial charge in [0.25, 0.3) is 11.8 Å². The molecular formula is C51H43N5O10S2. The number of nitrogens with zero attached hydrogens (tertiary/aromatic N) is 3. The van der Waals surface area contributed by atoms with Crippen LogP contribution in [0.5, 0.6) is 0 Å². The SMILES string of the molecule is CC(=O)OCC1=C(C(=O)OC(c2ccccc2)c2ccccc2)N2C(=O)C(NC(=O)C(=NOC3CCOC3=O)c3csc(NC(c4ccccc4)(c4ccccc4)c4ccccc4)n3)[C@H]2S(=O)C1. The predicted octanol–water partition coefficient (Wildman–Crippen LogP) is 6.15. The molecule has 6 aromatic rings. The lowest BCUT2D eigenvalue weighted by Gasteiger charge is -2.49. The van der Waals surface area contributed by atoms with E-state index in [0.717, 1.165) is 21.6 Å². The Bertz CT molecular complexity index is 2780. The molecule has 0 bridgehead atoms. The van der Waals surface area contributed by atoms with Gasteiger partial charge in [0.1, 0.15) is 35.0 Å². The van der Waals surface area contributed by atoms with Crippen LogP contribution in [0.25, 0.3) is 0 Å². The van der Waals surface area contributed by atoms with Gasteiger partial charge < -0.3 is 29.7 Å². The zero-order chi connectivity index (χ0) is 47.2. The van der Waals surface area contributed by atoms with Crippen LogP contribution in [-0.4, -0.2) is 86.0 Å². The summed E-state index contributed by atoms with van der Waals surface area (Å²) in [5.41, 5.74) is 2.56. The van der Waals surface area contributed by atoms with Crippen LogP contribution in [0.4, 0.5) is 5.13 Å².